The van der Waals surface area contributed by atoms with E-state index in [0.717, 1.165) is 5.69 Å². The van der Waals surface area contributed by atoms with Crippen LogP contribution in [0.2, 0.25) is 0 Å². The van der Waals surface area contributed by atoms with Gasteiger partial charge in [0, 0.05) is 44.5 Å². The molecule has 0 radical (unpaired) electrons. The van der Waals surface area contributed by atoms with Gasteiger partial charge < -0.3 is 4.90 Å². The highest BCUT2D eigenvalue weighted by molar-refractivity contribution is 7.89. The second-order valence-corrected chi connectivity index (χ2v) is 8.99. The summed E-state index contributed by atoms with van der Waals surface area (Å²) in [6.45, 7) is 3.29. The number of ketones is 1. The molecule has 1 aliphatic rings. The van der Waals surface area contributed by atoms with E-state index in [0.29, 0.717) is 31.7 Å². The molecular weight excluding hydrogens is 390 g/mol. The molecule has 1 aliphatic heterocycles. The normalized spacial score (nSPS) is 15.8. The summed E-state index contributed by atoms with van der Waals surface area (Å²) in [6, 6.07) is 15.4. The lowest BCUT2D eigenvalue weighted by atomic mass is 10.2. The molecule has 0 bridgehead atoms. The topological polar surface area (TPSA) is 78.0 Å². The number of Topliss-reactive ketones (excluding diaryl/α,β-unsaturated/α-hetero) is 1. The van der Waals surface area contributed by atoms with E-state index < -0.39 is 10.0 Å². The minimum absolute atomic E-state index is 0.0349. The standard InChI is InChI=1S/C21H25N3O4S/c1-17(25)18-8-10-20(11-9-18)29(27,28)24-14-12-23(13-15-24)16-21(26)22(2)19-6-4-3-5-7-19/h3-11H,12-16H2,1-2H3. The zero-order valence-electron chi connectivity index (χ0n) is 16.6. The molecule has 2 aromatic rings. The van der Waals surface area contributed by atoms with Crippen molar-refractivity contribution >= 4 is 27.4 Å². The summed E-state index contributed by atoms with van der Waals surface area (Å²) in [6.07, 6.45) is 0. The monoisotopic (exact) mass is 415 g/mol. The summed E-state index contributed by atoms with van der Waals surface area (Å²) in [5, 5.41) is 0. The molecule has 7 nitrogen and oxygen atoms in total. The quantitative estimate of drug-likeness (QED) is 0.673. The van der Waals surface area contributed by atoms with Crippen LogP contribution in [0.3, 0.4) is 0 Å². The summed E-state index contributed by atoms with van der Waals surface area (Å²) < 4.78 is 27.1. The lowest BCUT2D eigenvalue weighted by molar-refractivity contribution is -0.119. The van der Waals surface area contributed by atoms with E-state index in [1.54, 1.807) is 11.9 Å². The molecule has 0 unspecified atom stereocenters. The van der Waals surface area contributed by atoms with Crippen LogP contribution in [0, 0.1) is 0 Å². The predicted molar refractivity (Wildman–Crippen MR) is 111 cm³/mol. The van der Waals surface area contributed by atoms with E-state index in [-0.39, 0.29) is 23.1 Å². The van der Waals surface area contributed by atoms with Gasteiger partial charge in [-0.25, -0.2) is 8.42 Å². The Labute approximate surface area is 171 Å². The average Bonchev–Trinajstić information content (AvgIpc) is 2.74. The molecule has 0 saturated carbocycles. The Morgan fingerprint density at radius 3 is 2.07 bits per heavy atom. The third-order valence-electron chi connectivity index (χ3n) is 5.11. The van der Waals surface area contributed by atoms with Gasteiger partial charge in [-0.15, -0.1) is 0 Å². The van der Waals surface area contributed by atoms with Crippen LogP contribution in [-0.2, 0) is 14.8 Å². The maximum atomic E-state index is 12.8. The number of hydrogen-bond acceptors (Lipinski definition) is 5. The van der Waals surface area contributed by atoms with Crippen LogP contribution in [0.25, 0.3) is 0 Å². The van der Waals surface area contributed by atoms with E-state index in [1.165, 1.54) is 35.5 Å². The third kappa shape index (κ3) is 4.90. The molecule has 0 atom stereocenters. The molecule has 8 heteroatoms. The average molecular weight is 416 g/mol. The van der Waals surface area contributed by atoms with Gasteiger partial charge in [0.05, 0.1) is 11.4 Å². The van der Waals surface area contributed by atoms with Crippen molar-refractivity contribution in [2.45, 2.75) is 11.8 Å². The smallest absolute Gasteiger partial charge is 0.243 e. The number of piperazine rings is 1. The van der Waals surface area contributed by atoms with Gasteiger partial charge in [0.25, 0.3) is 0 Å². The summed E-state index contributed by atoms with van der Waals surface area (Å²) >= 11 is 0. The third-order valence-corrected chi connectivity index (χ3v) is 7.02. The summed E-state index contributed by atoms with van der Waals surface area (Å²) in [5.41, 5.74) is 1.31. The first-order chi connectivity index (χ1) is 13.8. The van der Waals surface area contributed by atoms with Crippen molar-refractivity contribution in [3.63, 3.8) is 0 Å². The molecule has 29 heavy (non-hydrogen) atoms. The van der Waals surface area contributed by atoms with Crippen molar-refractivity contribution in [3.05, 3.63) is 60.2 Å². The highest BCUT2D eigenvalue weighted by atomic mass is 32.2. The Morgan fingerprint density at radius 1 is 0.931 bits per heavy atom. The molecule has 0 spiro atoms. The number of hydrogen-bond donors (Lipinski definition) is 0. The van der Waals surface area contributed by atoms with Crippen LogP contribution in [0.15, 0.2) is 59.5 Å². The first-order valence-electron chi connectivity index (χ1n) is 9.44. The van der Waals surface area contributed by atoms with Crippen molar-refractivity contribution in [1.82, 2.24) is 9.21 Å². The first kappa shape index (κ1) is 21.2. The number of carbonyl (C=O) groups is 2. The van der Waals surface area contributed by atoms with Gasteiger partial charge in [-0.1, -0.05) is 30.3 Å². The van der Waals surface area contributed by atoms with Gasteiger partial charge in [0.1, 0.15) is 0 Å². The lowest BCUT2D eigenvalue weighted by Crippen LogP contribution is -2.51. The van der Waals surface area contributed by atoms with Crippen LogP contribution in [0.4, 0.5) is 5.69 Å². The van der Waals surface area contributed by atoms with E-state index in [4.69, 9.17) is 0 Å². The van der Waals surface area contributed by atoms with Crippen LogP contribution in [-0.4, -0.2) is 69.1 Å². The molecular formula is C21H25N3O4S. The maximum absolute atomic E-state index is 12.8. The number of anilines is 1. The summed E-state index contributed by atoms with van der Waals surface area (Å²) in [7, 11) is -1.88. The zero-order valence-corrected chi connectivity index (χ0v) is 17.4. The zero-order chi connectivity index (χ0) is 21.0. The fourth-order valence-corrected chi connectivity index (χ4v) is 4.65. The molecule has 3 rings (SSSR count). The highest BCUT2D eigenvalue weighted by Gasteiger charge is 2.29. The number of benzene rings is 2. The lowest BCUT2D eigenvalue weighted by Gasteiger charge is -2.34. The Hall–Kier alpha value is -2.55. The molecule has 1 amide bonds. The van der Waals surface area contributed by atoms with Crippen molar-refractivity contribution in [3.8, 4) is 0 Å². The second-order valence-electron chi connectivity index (χ2n) is 7.05. The number of amides is 1. The fourth-order valence-electron chi connectivity index (χ4n) is 3.23. The minimum atomic E-state index is -3.62. The van der Waals surface area contributed by atoms with Crippen LogP contribution < -0.4 is 4.90 Å². The number of carbonyl (C=O) groups excluding carboxylic acids is 2. The van der Waals surface area contributed by atoms with Gasteiger partial charge in [-0.05, 0) is 31.2 Å². The first-order valence-corrected chi connectivity index (χ1v) is 10.9. The van der Waals surface area contributed by atoms with Gasteiger partial charge in [0.2, 0.25) is 15.9 Å². The van der Waals surface area contributed by atoms with Crippen molar-refractivity contribution in [2.24, 2.45) is 0 Å². The predicted octanol–water partition coefficient (Wildman–Crippen LogP) is 1.86. The number of para-hydroxylation sites is 1. The fraction of sp³-hybridized carbons (Fsp3) is 0.333. The molecule has 1 heterocycles. The molecule has 2 aromatic carbocycles. The van der Waals surface area contributed by atoms with E-state index in [2.05, 4.69) is 0 Å². The Balaban J connectivity index is 1.58. The molecule has 0 aliphatic carbocycles. The second kappa shape index (κ2) is 8.86. The summed E-state index contributed by atoms with van der Waals surface area (Å²) in [5.74, 6) is -0.139. The van der Waals surface area contributed by atoms with E-state index in [1.807, 2.05) is 35.2 Å². The van der Waals surface area contributed by atoms with E-state index >= 15 is 0 Å². The SMILES string of the molecule is CC(=O)c1ccc(S(=O)(=O)N2CCN(CC(=O)N(C)c3ccccc3)CC2)cc1. The van der Waals surface area contributed by atoms with Gasteiger partial charge in [0.15, 0.2) is 5.78 Å². The van der Waals surface area contributed by atoms with Crippen LogP contribution in [0.1, 0.15) is 17.3 Å². The van der Waals surface area contributed by atoms with Crippen LogP contribution in [0.5, 0.6) is 0 Å². The molecule has 0 aromatic heterocycles. The number of rotatable bonds is 6. The van der Waals surface area contributed by atoms with Gasteiger partial charge in [-0.3, -0.25) is 14.5 Å². The number of likely N-dealkylation sites (N-methyl/N-ethyl adjacent to an activating group) is 1. The maximum Gasteiger partial charge on any atom is 0.243 e. The Kier molecular flexibility index (Phi) is 6.46. The molecule has 1 saturated heterocycles. The molecule has 154 valence electrons. The van der Waals surface area contributed by atoms with Gasteiger partial charge >= 0.3 is 0 Å². The van der Waals surface area contributed by atoms with E-state index in [9.17, 15) is 18.0 Å². The van der Waals surface area contributed by atoms with Crippen molar-refractivity contribution in [2.75, 3.05) is 44.7 Å². The molecule has 1 fully saturated rings. The van der Waals surface area contributed by atoms with Gasteiger partial charge in [-0.2, -0.15) is 4.31 Å². The van der Waals surface area contributed by atoms with Crippen LogP contribution >= 0.6 is 0 Å². The largest absolute Gasteiger partial charge is 0.314 e. The molecule has 0 N–H and O–H groups in total. The van der Waals surface area contributed by atoms with Crippen molar-refractivity contribution < 1.29 is 18.0 Å². The number of nitrogens with zero attached hydrogens (tertiary/aromatic N) is 3. The van der Waals surface area contributed by atoms with Crippen molar-refractivity contribution in [1.29, 1.82) is 0 Å². The summed E-state index contributed by atoms with van der Waals surface area (Å²) in [4.78, 5) is 27.7. The minimum Gasteiger partial charge on any atom is -0.314 e. The highest BCUT2D eigenvalue weighted by Crippen LogP contribution is 2.19. The Bertz CT molecular complexity index is 967. The number of sulfonamides is 1. The Morgan fingerprint density at radius 2 is 1.52 bits per heavy atom.